The molecule has 0 saturated carbocycles. The summed E-state index contributed by atoms with van der Waals surface area (Å²) < 4.78 is 0. The van der Waals surface area contributed by atoms with E-state index < -0.39 is 6.10 Å². The highest BCUT2D eigenvalue weighted by atomic mass is 32.1. The molecule has 4 heteroatoms. The third-order valence-electron chi connectivity index (χ3n) is 2.32. The highest BCUT2D eigenvalue weighted by molar-refractivity contribution is 7.07. The molecule has 16 heavy (non-hydrogen) atoms. The molecule has 3 nitrogen and oxygen atoms in total. The van der Waals surface area contributed by atoms with Crippen LogP contribution in [0.15, 0.2) is 41.4 Å². The summed E-state index contributed by atoms with van der Waals surface area (Å²) in [5, 5.41) is 17.0. The molecule has 0 aliphatic heterocycles. The van der Waals surface area contributed by atoms with E-state index >= 15 is 0 Å². The molecule has 0 aliphatic carbocycles. The predicted octanol–water partition coefficient (Wildman–Crippen LogP) is 1.97. The molecule has 2 aromatic rings. The maximum Gasteiger partial charge on any atom is 0.0922 e. The van der Waals surface area contributed by atoms with E-state index in [2.05, 4.69) is 10.3 Å². The quantitative estimate of drug-likeness (QED) is 0.831. The number of aliphatic hydroxyl groups is 1. The van der Waals surface area contributed by atoms with Crippen LogP contribution in [-0.4, -0.2) is 16.6 Å². The second-order valence-corrected chi connectivity index (χ2v) is 4.34. The molecule has 84 valence electrons. The van der Waals surface area contributed by atoms with E-state index in [4.69, 9.17) is 0 Å². The molecule has 1 atom stereocenters. The second kappa shape index (κ2) is 5.75. The third kappa shape index (κ3) is 3.13. The summed E-state index contributed by atoms with van der Waals surface area (Å²) in [4.78, 5) is 4.03. The standard InChI is InChI=1S/C12H14N2OS/c15-12(11-3-5-16-9-11)8-14-7-10-2-1-4-13-6-10/h1-6,9,12,14-15H,7-8H2. The third-order valence-corrected chi connectivity index (χ3v) is 3.02. The van der Waals surface area contributed by atoms with E-state index in [1.807, 2.05) is 35.2 Å². The molecule has 0 spiro atoms. The molecule has 2 aromatic heterocycles. The van der Waals surface area contributed by atoms with Gasteiger partial charge in [0.1, 0.15) is 0 Å². The molecule has 2 rings (SSSR count). The Morgan fingerprint density at radius 3 is 3.06 bits per heavy atom. The smallest absolute Gasteiger partial charge is 0.0922 e. The highest BCUT2D eigenvalue weighted by Crippen LogP contribution is 2.15. The van der Waals surface area contributed by atoms with Crippen LogP contribution in [0.3, 0.4) is 0 Å². The van der Waals surface area contributed by atoms with Crippen molar-refractivity contribution in [1.29, 1.82) is 0 Å². The molecule has 0 fully saturated rings. The average Bonchev–Trinajstić information content (AvgIpc) is 2.84. The minimum absolute atomic E-state index is 0.428. The number of rotatable bonds is 5. The fourth-order valence-corrected chi connectivity index (χ4v) is 2.15. The fraction of sp³-hybridized carbons (Fsp3) is 0.250. The van der Waals surface area contributed by atoms with Crippen LogP contribution in [-0.2, 0) is 6.54 Å². The maximum atomic E-state index is 9.82. The molecule has 0 bridgehead atoms. The number of nitrogens with zero attached hydrogens (tertiary/aromatic N) is 1. The Labute approximate surface area is 98.8 Å². The van der Waals surface area contributed by atoms with Gasteiger partial charge in [0.25, 0.3) is 0 Å². The first-order chi connectivity index (χ1) is 7.86. The Kier molecular flexibility index (Phi) is 4.04. The van der Waals surface area contributed by atoms with Crippen LogP contribution in [0.1, 0.15) is 17.2 Å². The van der Waals surface area contributed by atoms with Crippen LogP contribution in [0.4, 0.5) is 0 Å². The van der Waals surface area contributed by atoms with Gasteiger partial charge < -0.3 is 10.4 Å². The van der Waals surface area contributed by atoms with Crippen molar-refractivity contribution in [3.63, 3.8) is 0 Å². The number of nitrogens with one attached hydrogen (secondary N) is 1. The van der Waals surface area contributed by atoms with Crippen LogP contribution in [0.25, 0.3) is 0 Å². The zero-order chi connectivity index (χ0) is 11.2. The van der Waals surface area contributed by atoms with Crippen LogP contribution >= 0.6 is 11.3 Å². The molecule has 0 aromatic carbocycles. The molecule has 0 radical (unpaired) electrons. The first kappa shape index (κ1) is 11.3. The lowest BCUT2D eigenvalue weighted by Crippen LogP contribution is -2.20. The van der Waals surface area contributed by atoms with E-state index in [-0.39, 0.29) is 0 Å². The van der Waals surface area contributed by atoms with Gasteiger partial charge in [-0.25, -0.2) is 0 Å². The van der Waals surface area contributed by atoms with Gasteiger partial charge in [-0.2, -0.15) is 11.3 Å². The molecule has 0 amide bonds. The lowest BCUT2D eigenvalue weighted by molar-refractivity contribution is 0.175. The van der Waals surface area contributed by atoms with E-state index in [1.54, 1.807) is 17.5 Å². The summed E-state index contributed by atoms with van der Waals surface area (Å²) in [5.74, 6) is 0. The Balaban J connectivity index is 1.76. The van der Waals surface area contributed by atoms with Crippen molar-refractivity contribution in [3.05, 3.63) is 52.5 Å². The van der Waals surface area contributed by atoms with Crippen molar-refractivity contribution in [2.24, 2.45) is 0 Å². The van der Waals surface area contributed by atoms with Crippen LogP contribution in [0.2, 0.25) is 0 Å². The minimum atomic E-state index is -0.428. The van der Waals surface area contributed by atoms with Crippen LogP contribution in [0, 0.1) is 0 Å². The second-order valence-electron chi connectivity index (χ2n) is 3.56. The summed E-state index contributed by atoms with van der Waals surface area (Å²) in [5.41, 5.74) is 2.10. The van der Waals surface area contributed by atoms with Gasteiger partial charge in [-0.05, 0) is 34.0 Å². The number of thiophene rings is 1. The molecule has 0 saturated heterocycles. The van der Waals surface area contributed by atoms with Crippen molar-refractivity contribution >= 4 is 11.3 Å². The summed E-state index contributed by atoms with van der Waals surface area (Å²) in [6, 6.07) is 5.87. The van der Waals surface area contributed by atoms with Gasteiger partial charge in [0, 0.05) is 25.5 Å². The monoisotopic (exact) mass is 234 g/mol. The lowest BCUT2D eigenvalue weighted by atomic mass is 10.2. The van der Waals surface area contributed by atoms with Crippen LogP contribution < -0.4 is 5.32 Å². The van der Waals surface area contributed by atoms with Gasteiger partial charge >= 0.3 is 0 Å². The summed E-state index contributed by atoms with van der Waals surface area (Å²) >= 11 is 1.60. The zero-order valence-corrected chi connectivity index (χ0v) is 9.65. The van der Waals surface area contributed by atoms with Gasteiger partial charge in [-0.3, -0.25) is 4.98 Å². The van der Waals surface area contributed by atoms with Crippen molar-refractivity contribution < 1.29 is 5.11 Å². The Morgan fingerprint density at radius 1 is 1.44 bits per heavy atom. The van der Waals surface area contributed by atoms with Gasteiger partial charge in [0.05, 0.1) is 6.10 Å². The Bertz CT molecular complexity index is 402. The highest BCUT2D eigenvalue weighted by Gasteiger charge is 2.06. The summed E-state index contributed by atoms with van der Waals surface area (Å²) in [7, 11) is 0. The van der Waals surface area contributed by atoms with Crippen molar-refractivity contribution in [2.75, 3.05) is 6.54 Å². The fourth-order valence-electron chi connectivity index (χ4n) is 1.44. The number of pyridine rings is 1. The first-order valence-corrected chi connectivity index (χ1v) is 6.10. The SMILES string of the molecule is OC(CNCc1cccnc1)c1ccsc1. The van der Waals surface area contributed by atoms with Gasteiger partial charge in [0.2, 0.25) is 0 Å². The van der Waals surface area contributed by atoms with Crippen molar-refractivity contribution in [3.8, 4) is 0 Å². The van der Waals surface area contributed by atoms with E-state index in [9.17, 15) is 5.11 Å². The average molecular weight is 234 g/mol. The topological polar surface area (TPSA) is 45.1 Å². The molecule has 0 aliphatic rings. The van der Waals surface area contributed by atoms with Gasteiger partial charge in [-0.15, -0.1) is 0 Å². The predicted molar refractivity (Wildman–Crippen MR) is 65.2 cm³/mol. The number of hydrogen-bond acceptors (Lipinski definition) is 4. The van der Waals surface area contributed by atoms with E-state index in [0.29, 0.717) is 6.54 Å². The molecule has 1 unspecified atom stereocenters. The van der Waals surface area contributed by atoms with Crippen LogP contribution in [0.5, 0.6) is 0 Å². The largest absolute Gasteiger partial charge is 0.387 e. The van der Waals surface area contributed by atoms with Crippen molar-refractivity contribution in [2.45, 2.75) is 12.6 Å². The number of hydrogen-bond donors (Lipinski definition) is 2. The normalized spacial score (nSPS) is 12.6. The van der Waals surface area contributed by atoms with E-state index in [1.165, 1.54) is 0 Å². The first-order valence-electron chi connectivity index (χ1n) is 5.16. The molecular weight excluding hydrogens is 220 g/mol. The Hall–Kier alpha value is -1.23. The lowest BCUT2D eigenvalue weighted by Gasteiger charge is -2.10. The minimum Gasteiger partial charge on any atom is -0.387 e. The van der Waals surface area contributed by atoms with E-state index in [0.717, 1.165) is 17.7 Å². The maximum absolute atomic E-state index is 9.82. The molecular formula is C12H14N2OS. The van der Waals surface area contributed by atoms with Crippen molar-refractivity contribution in [1.82, 2.24) is 10.3 Å². The van der Waals surface area contributed by atoms with Gasteiger partial charge in [-0.1, -0.05) is 6.07 Å². The number of aromatic nitrogens is 1. The Morgan fingerprint density at radius 2 is 2.38 bits per heavy atom. The zero-order valence-electron chi connectivity index (χ0n) is 8.84. The van der Waals surface area contributed by atoms with Gasteiger partial charge in [0.15, 0.2) is 0 Å². The number of aliphatic hydroxyl groups excluding tert-OH is 1. The molecule has 2 heterocycles. The molecule has 2 N–H and O–H groups in total. The summed E-state index contributed by atoms with van der Waals surface area (Å²) in [6.45, 7) is 1.29. The summed E-state index contributed by atoms with van der Waals surface area (Å²) in [6.07, 6.45) is 3.15.